The number of benzene rings is 1. The highest BCUT2D eigenvalue weighted by Crippen LogP contribution is 2.37. The third-order valence-electron chi connectivity index (χ3n) is 4.93. The van der Waals surface area contributed by atoms with Gasteiger partial charge in [0, 0.05) is 24.3 Å². The van der Waals surface area contributed by atoms with Crippen LogP contribution in [0.4, 0.5) is 27.7 Å². The Morgan fingerprint density at radius 1 is 1.20 bits per heavy atom. The van der Waals surface area contributed by atoms with Gasteiger partial charge >= 0.3 is 6.03 Å². The lowest BCUT2D eigenvalue weighted by atomic mass is 10.1. The van der Waals surface area contributed by atoms with E-state index in [2.05, 4.69) is 27.2 Å². The molecule has 1 aliphatic heterocycles. The van der Waals surface area contributed by atoms with Crippen LogP contribution >= 0.6 is 22.9 Å². The van der Waals surface area contributed by atoms with Gasteiger partial charge in [-0.2, -0.15) is 0 Å². The first-order valence-electron chi connectivity index (χ1n) is 10.4. The monoisotopic (exact) mass is 531 g/mol. The van der Waals surface area contributed by atoms with Crippen molar-refractivity contribution in [3.63, 3.8) is 0 Å². The number of aromatic nitrogens is 1. The molecule has 3 heterocycles. The van der Waals surface area contributed by atoms with Gasteiger partial charge in [-0.15, -0.1) is 11.3 Å². The highest BCUT2D eigenvalue weighted by Gasteiger charge is 2.24. The van der Waals surface area contributed by atoms with E-state index < -0.39 is 16.1 Å². The predicted octanol–water partition coefficient (Wildman–Crippen LogP) is 4.22. The first-order chi connectivity index (χ1) is 16.7. The van der Waals surface area contributed by atoms with Gasteiger partial charge in [-0.05, 0) is 49.4 Å². The number of nitrogens with one attached hydrogen (secondary N) is 3. The van der Waals surface area contributed by atoms with Crippen molar-refractivity contribution >= 4 is 73.4 Å². The van der Waals surface area contributed by atoms with Gasteiger partial charge in [-0.3, -0.25) is 4.90 Å². The first-order valence-corrected chi connectivity index (χ1v) is 13.0. The zero-order chi connectivity index (χ0) is 25.2. The van der Waals surface area contributed by atoms with E-state index in [1.807, 2.05) is 29.8 Å². The molecule has 4 rings (SSSR count). The highest BCUT2D eigenvalue weighted by molar-refractivity contribution is 7.92. The third-order valence-corrected chi connectivity index (χ3v) is 7.99. The number of hydrogen-bond donors (Lipinski definition) is 4. The van der Waals surface area contributed by atoms with Crippen LogP contribution in [0.5, 0.6) is 0 Å². The number of urea groups is 1. The fourth-order valence-electron chi connectivity index (χ4n) is 3.40. The van der Waals surface area contributed by atoms with Crippen LogP contribution in [0.2, 0.25) is 4.34 Å². The minimum Gasteiger partial charge on any atom is -0.384 e. The second-order valence-electron chi connectivity index (χ2n) is 7.41. The molecule has 0 bridgehead atoms. The van der Waals surface area contributed by atoms with E-state index in [-0.39, 0.29) is 4.21 Å². The molecule has 1 aliphatic rings. The number of aliphatic imine (C=N–C) groups is 1. The number of thiophene rings is 1. The zero-order valence-corrected chi connectivity index (χ0v) is 21.0. The summed E-state index contributed by atoms with van der Waals surface area (Å²) in [6, 6.07) is 10.9. The largest absolute Gasteiger partial charge is 0.384 e. The number of carbonyl (C=O) groups is 1. The van der Waals surface area contributed by atoms with Crippen molar-refractivity contribution in [2.24, 2.45) is 10.7 Å². The number of sulfonamides is 1. The molecule has 0 spiro atoms. The number of anilines is 3. The van der Waals surface area contributed by atoms with Crippen LogP contribution in [0.25, 0.3) is 5.70 Å². The summed E-state index contributed by atoms with van der Waals surface area (Å²) in [5, 5.41) is 5.69. The molecule has 0 fully saturated rings. The number of pyridine rings is 1. The van der Waals surface area contributed by atoms with Crippen LogP contribution in [0, 0.1) is 0 Å². The Kier molecular flexibility index (Phi) is 7.08. The van der Waals surface area contributed by atoms with Crippen LogP contribution < -0.4 is 26.0 Å². The van der Waals surface area contributed by atoms with Crippen molar-refractivity contribution in [2.75, 3.05) is 28.6 Å². The number of amidine groups is 1. The molecule has 0 unspecified atom stereocenters. The Morgan fingerprint density at radius 3 is 2.63 bits per heavy atom. The maximum Gasteiger partial charge on any atom is 0.333 e. The summed E-state index contributed by atoms with van der Waals surface area (Å²) in [7, 11) is -4.03. The van der Waals surface area contributed by atoms with Crippen LogP contribution in [0.3, 0.4) is 0 Å². The molecular formula is C22H22ClN7O3S2. The molecule has 1 aromatic carbocycles. The fraction of sp³-hybridized carbons (Fsp3) is 0.136. The van der Waals surface area contributed by atoms with Crippen LogP contribution in [0.15, 0.2) is 64.4 Å². The average molecular weight is 532 g/mol. The Bertz CT molecular complexity index is 1420. The summed E-state index contributed by atoms with van der Waals surface area (Å²) < 4.78 is 26.7. The number of fused-ring (bicyclic) bond motifs is 1. The number of hydrogen-bond acceptors (Lipinski definition) is 9. The minimum atomic E-state index is -4.03. The average Bonchev–Trinajstić information content (AvgIpc) is 3.25. The van der Waals surface area contributed by atoms with Crippen molar-refractivity contribution < 1.29 is 13.2 Å². The van der Waals surface area contributed by atoms with E-state index in [0.717, 1.165) is 28.3 Å². The maximum absolute atomic E-state index is 12.3. The SMILES string of the molecule is C=C1c2ccc(NCCN)cc2N=C(C)N1c1ccc(NC(=O)NS(=O)(=O)c2ccc(Cl)s2)cn1. The van der Waals surface area contributed by atoms with Gasteiger partial charge in [0.05, 0.1) is 27.6 Å². The van der Waals surface area contributed by atoms with Crippen LogP contribution in [-0.4, -0.2) is 38.4 Å². The Morgan fingerprint density at radius 2 is 1.97 bits per heavy atom. The Balaban J connectivity index is 1.46. The first kappa shape index (κ1) is 24.7. The molecule has 2 aromatic heterocycles. The summed E-state index contributed by atoms with van der Waals surface area (Å²) in [5.41, 5.74) is 9.12. The molecule has 10 nitrogen and oxygen atoms in total. The van der Waals surface area contributed by atoms with E-state index in [0.29, 0.717) is 40.5 Å². The van der Waals surface area contributed by atoms with Crippen molar-refractivity contribution in [2.45, 2.75) is 11.1 Å². The van der Waals surface area contributed by atoms with Crippen LogP contribution in [0.1, 0.15) is 12.5 Å². The molecule has 5 N–H and O–H groups in total. The molecule has 3 aromatic rings. The van der Waals surface area contributed by atoms with Gasteiger partial charge < -0.3 is 16.4 Å². The van der Waals surface area contributed by atoms with Gasteiger partial charge in [-0.25, -0.2) is 27.9 Å². The highest BCUT2D eigenvalue weighted by atomic mass is 35.5. The summed E-state index contributed by atoms with van der Waals surface area (Å²) in [5.74, 6) is 1.21. The van der Waals surface area contributed by atoms with Crippen molar-refractivity contribution in [3.8, 4) is 0 Å². The lowest BCUT2D eigenvalue weighted by Gasteiger charge is -2.30. The van der Waals surface area contributed by atoms with E-state index in [1.54, 1.807) is 17.0 Å². The van der Waals surface area contributed by atoms with Gasteiger partial charge in [0.1, 0.15) is 15.9 Å². The van der Waals surface area contributed by atoms with Gasteiger partial charge in [-0.1, -0.05) is 18.2 Å². The lowest BCUT2D eigenvalue weighted by Crippen LogP contribution is -2.34. The summed E-state index contributed by atoms with van der Waals surface area (Å²) in [4.78, 5) is 23.1. The molecule has 0 radical (unpaired) electrons. The molecular weight excluding hydrogens is 510 g/mol. The number of carbonyl (C=O) groups excluding carboxylic acids is 1. The third kappa shape index (κ3) is 5.46. The summed E-state index contributed by atoms with van der Waals surface area (Å²) in [6.07, 6.45) is 1.42. The molecule has 0 saturated carbocycles. The fourth-order valence-corrected chi connectivity index (χ4v) is 5.79. The molecule has 2 amide bonds. The number of nitrogens with two attached hydrogens (primary N) is 1. The molecule has 0 atom stereocenters. The second kappa shape index (κ2) is 10.0. The zero-order valence-electron chi connectivity index (χ0n) is 18.6. The summed E-state index contributed by atoms with van der Waals surface area (Å²) in [6.45, 7) is 7.23. The second-order valence-corrected chi connectivity index (χ2v) is 11.0. The number of rotatable bonds is 7. The normalized spacial score (nSPS) is 13.2. The molecule has 0 saturated heterocycles. The molecule has 35 heavy (non-hydrogen) atoms. The van der Waals surface area contributed by atoms with Crippen molar-refractivity contribution in [3.05, 3.63) is 65.1 Å². The Hall–Kier alpha value is -3.45. The minimum absolute atomic E-state index is 0.0629. The van der Waals surface area contributed by atoms with Crippen molar-refractivity contribution in [1.29, 1.82) is 0 Å². The number of nitrogens with zero attached hydrogens (tertiary/aromatic N) is 3. The molecule has 0 aliphatic carbocycles. The number of amides is 2. The van der Waals surface area contributed by atoms with Crippen LogP contribution in [-0.2, 0) is 10.0 Å². The Labute approximate surface area is 211 Å². The molecule has 13 heteroatoms. The predicted molar refractivity (Wildman–Crippen MR) is 141 cm³/mol. The van der Waals surface area contributed by atoms with Gasteiger partial charge in [0.2, 0.25) is 0 Å². The topological polar surface area (TPSA) is 142 Å². The quantitative estimate of drug-likeness (QED) is 0.357. The standard InChI is InChI=1S/C22H22ClN7O3S2/c1-13-17-5-3-15(25-10-9-24)11-18(17)27-14(2)30(13)20-7-4-16(12-26-20)28-22(31)29-35(32,33)21-8-6-19(23)34-21/h3-8,11-12,25H,1,9-10,24H2,2H3,(H2,28,29,31). The number of halogens is 1. The van der Waals surface area contributed by atoms with E-state index in [1.165, 1.54) is 18.3 Å². The maximum atomic E-state index is 12.3. The smallest absolute Gasteiger partial charge is 0.333 e. The van der Waals surface area contributed by atoms with Gasteiger partial charge in [0.25, 0.3) is 10.0 Å². The molecule has 182 valence electrons. The lowest BCUT2D eigenvalue weighted by molar-refractivity contribution is 0.256. The summed E-state index contributed by atoms with van der Waals surface area (Å²) >= 11 is 6.63. The van der Waals surface area contributed by atoms with E-state index >= 15 is 0 Å². The van der Waals surface area contributed by atoms with E-state index in [9.17, 15) is 13.2 Å². The van der Waals surface area contributed by atoms with E-state index in [4.69, 9.17) is 17.3 Å². The van der Waals surface area contributed by atoms with Gasteiger partial charge in [0.15, 0.2) is 0 Å². The van der Waals surface area contributed by atoms with Crippen molar-refractivity contribution in [1.82, 2.24) is 9.71 Å².